The lowest BCUT2D eigenvalue weighted by molar-refractivity contribution is -0.132. The van der Waals surface area contributed by atoms with Gasteiger partial charge in [-0.25, -0.2) is 4.98 Å². The quantitative estimate of drug-likeness (QED) is 0.843. The maximum Gasteiger partial charge on any atom is 0.236 e. The number of amides is 1. The summed E-state index contributed by atoms with van der Waals surface area (Å²) < 4.78 is 1.28. The second-order valence-corrected chi connectivity index (χ2v) is 7.20. The van der Waals surface area contributed by atoms with E-state index in [0.717, 1.165) is 44.5 Å². The van der Waals surface area contributed by atoms with Crippen LogP contribution in [0.4, 0.5) is 0 Å². The molecule has 23 heavy (non-hydrogen) atoms. The first kappa shape index (κ1) is 16.4. The summed E-state index contributed by atoms with van der Waals surface area (Å²) in [5.74, 6) is 0.806. The molecule has 1 amide bonds. The number of para-hydroxylation sites is 1. The zero-order valence-corrected chi connectivity index (χ0v) is 14.8. The molecule has 0 saturated carbocycles. The Hall–Kier alpha value is -1.46. The molecule has 0 N–H and O–H groups in total. The number of likely N-dealkylation sites (N-methyl/N-ethyl adjacent to an activating group) is 1. The molecule has 1 aliphatic rings. The van der Waals surface area contributed by atoms with Crippen molar-refractivity contribution in [3.05, 3.63) is 29.3 Å². The molecule has 1 aromatic heterocycles. The summed E-state index contributed by atoms with van der Waals surface area (Å²) in [5.41, 5.74) is 1.12. The SMILES string of the molecule is CCN(CC)C(=O)CN1CCC(c2nc3ccccc3s2)CC1. The van der Waals surface area contributed by atoms with Gasteiger partial charge in [-0.1, -0.05) is 12.1 Å². The van der Waals surface area contributed by atoms with E-state index in [0.29, 0.717) is 12.5 Å². The molecule has 2 heterocycles. The molecule has 0 spiro atoms. The van der Waals surface area contributed by atoms with Crippen LogP contribution in [0.3, 0.4) is 0 Å². The number of benzene rings is 1. The monoisotopic (exact) mass is 331 g/mol. The van der Waals surface area contributed by atoms with Gasteiger partial charge in [0.25, 0.3) is 0 Å². The number of nitrogens with zero attached hydrogens (tertiary/aromatic N) is 3. The second-order valence-electron chi connectivity index (χ2n) is 6.14. The van der Waals surface area contributed by atoms with Crippen molar-refractivity contribution in [2.24, 2.45) is 0 Å². The third-order valence-corrected chi connectivity index (χ3v) is 5.92. The first-order chi connectivity index (χ1) is 11.2. The molecule has 1 saturated heterocycles. The number of carbonyl (C=O) groups is 1. The Balaban J connectivity index is 1.57. The lowest BCUT2D eigenvalue weighted by Crippen LogP contribution is -2.43. The van der Waals surface area contributed by atoms with Crippen molar-refractivity contribution < 1.29 is 4.79 Å². The van der Waals surface area contributed by atoms with E-state index >= 15 is 0 Å². The molecule has 0 unspecified atom stereocenters. The van der Waals surface area contributed by atoms with Crippen molar-refractivity contribution >= 4 is 27.5 Å². The van der Waals surface area contributed by atoms with Gasteiger partial charge in [0.1, 0.15) is 0 Å². The Bertz CT molecular complexity index is 624. The third kappa shape index (κ3) is 3.72. The van der Waals surface area contributed by atoms with Crippen molar-refractivity contribution in [1.29, 1.82) is 0 Å². The largest absolute Gasteiger partial charge is 0.342 e. The van der Waals surface area contributed by atoms with Crippen molar-refractivity contribution in [2.45, 2.75) is 32.6 Å². The maximum atomic E-state index is 12.2. The number of rotatable bonds is 5. The number of likely N-dealkylation sites (tertiary alicyclic amines) is 1. The van der Waals surface area contributed by atoms with Crippen LogP contribution in [-0.4, -0.2) is 53.4 Å². The summed E-state index contributed by atoms with van der Waals surface area (Å²) in [6.45, 7) is 8.24. The highest BCUT2D eigenvalue weighted by molar-refractivity contribution is 7.18. The molecule has 0 aliphatic carbocycles. The van der Waals surface area contributed by atoms with E-state index in [-0.39, 0.29) is 5.91 Å². The predicted molar refractivity (Wildman–Crippen MR) is 96.0 cm³/mol. The number of hydrogen-bond donors (Lipinski definition) is 0. The van der Waals surface area contributed by atoms with Crippen LogP contribution in [-0.2, 0) is 4.79 Å². The normalized spacial score (nSPS) is 16.8. The van der Waals surface area contributed by atoms with Crippen molar-refractivity contribution in [2.75, 3.05) is 32.7 Å². The van der Waals surface area contributed by atoms with E-state index in [2.05, 4.69) is 23.1 Å². The van der Waals surface area contributed by atoms with Crippen LogP contribution in [0, 0.1) is 0 Å². The molecule has 5 heteroatoms. The Morgan fingerprint density at radius 1 is 1.26 bits per heavy atom. The number of aromatic nitrogens is 1. The lowest BCUT2D eigenvalue weighted by atomic mass is 9.97. The Morgan fingerprint density at radius 2 is 1.96 bits per heavy atom. The van der Waals surface area contributed by atoms with E-state index in [1.54, 1.807) is 0 Å². The predicted octanol–water partition coefficient (Wildman–Crippen LogP) is 3.34. The van der Waals surface area contributed by atoms with Gasteiger partial charge in [0.15, 0.2) is 0 Å². The van der Waals surface area contributed by atoms with Crippen LogP contribution in [0.2, 0.25) is 0 Å². The van der Waals surface area contributed by atoms with Crippen LogP contribution in [0.25, 0.3) is 10.2 Å². The molecule has 3 rings (SSSR count). The zero-order chi connectivity index (χ0) is 16.2. The minimum atomic E-state index is 0.258. The van der Waals surface area contributed by atoms with Crippen LogP contribution in [0.1, 0.15) is 37.6 Å². The lowest BCUT2D eigenvalue weighted by Gasteiger charge is -2.32. The number of hydrogen-bond acceptors (Lipinski definition) is 4. The average Bonchev–Trinajstić information content (AvgIpc) is 3.00. The van der Waals surface area contributed by atoms with Gasteiger partial charge >= 0.3 is 0 Å². The first-order valence-corrected chi connectivity index (χ1v) is 9.38. The standard InChI is InChI=1S/C18H25N3OS/c1-3-21(4-2)17(22)13-20-11-9-14(10-12-20)18-19-15-7-5-6-8-16(15)23-18/h5-8,14H,3-4,9-13H2,1-2H3. The van der Waals surface area contributed by atoms with Crippen molar-refractivity contribution in [1.82, 2.24) is 14.8 Å². The van der Waals surface area contributed by atoms with Gasteiger partial charge in [-0.3, -0.25) is 9.69 Å². The van der Waals surface area contributed by atoms with Gasteiger partial charge in [-0.05, 0) is 51.9 Å². The van der Waals surface area contributed by atoms with Crippen LogP contribution in [0.5, 0.6) is 0 Å². The van der Waals surface area contributed by atoms with E-state index < -0.39 is 0 Å². The number of fused-ring (bicyclic) bond motifs is 1. The summed E-state index contributed by atoms with van der Waals surface area (Å²) in [4.78, 5) is 21.2. The average molecular weight is 331 g/mol. The maximum absolute atomic E-state index is 12.2. The molecule has 0 atom stereocenters. The molecular weight excluding hydrogens is 306 g/mol. The zero-order valence-electron chi connectivity index (χ0n) is 14.0. The number of carbonyl (C=O) groups excluding carboxylic acids is 1. The summed E-state index contributed by atoms with van der Waals surface area (Å²) in [5, 5.41) is 1.26. The van der Waals surface area contributed by atoms with Gasteiger partial charge < -0.3 is 4.90 Å². The van der Waals surface area contributed by atoms with Crippen LogP contribution < -0.4 is 0 Å². The fraction of sp³-hybridized carbons (Fsp3) is 0.556. The highest BCUT2D eigenvalue weighted by Crippen LogP contribution is 2.33. The van der Waals surface area contributed by atoms with E-state index in [1.165, 1.54) is 9.71 Å². The molecule has 4 nitrogen and oxygen atoms in total. The third-order valence-electron chi connectivity index (χ3n) is 4.72. The summed E-state index contributed by atoms with van der Waals surface area (Å²) >= 11 is 1.83. The van der Waals surface area contributed by atoms with Gasteiger partial charge in [0.05, 0.1) is 21.8 Å². The topological polar surface area (TPSA) is 36.4 Å². The number of thiazole rings is 1. The Kier molecular flexibility index (Phi) is 5.28. The van der Waals surface area contributed by atoms with Crippen molar-refractivity contribution in [3.8, 4) is 0 Å². The molecule has 2 aromatic rings. The summed E-state index contributed by atoms with van der Waals surface area (Å²) in [7, 11) is 0. The van der Waals surface area contributed by atoms with E-state index in [1.807, 2.05) is 36.2 Å². The van der Waals surface area contributed by atoms with Crippen LogP contribution in [0.15, 0.2) is 24.3 Å². The number of piperidine rings is 1. The first-order valence-electron chi connectivity index (χ1n) is 8.56. The van der Waals surface area contributed by atoms with Gasteiger partial charge in [-0.2, -0.15) is 0 Å². The van der Waals surface area contributed by atoms with Crippen LogP contribution >= 0.6 is 11.3 Å². The Labute approximate surface area is 142 Å². The highest BCUT2D eigenvalue weighted by atomic mass is 32.1. The fourth-order valence-electron chi connectivity index (χ4n) is 3.27. The second kappa shape index (κ2) is 7.41. The molecular formula is C18H25N3OS. The molecule has 1 aromatic carbocycles. The fourth-order valence-corrected chi connectivity index (χ4v) is 4.41. The van der Waals surface area contributed by atoms with E-state index in [9.17, 15) is 4.79 Å². The van der Waals surface area contributed by atoms with Gasteiger partial charge in [-0.15, -0.1) is 11.3 Å². The molecule has 0 radical (unpaired) electrons. The van der Waals surface area contributed by atoms with Gasteiger partial charge in [0, 0.05) is 19.0 Å². The smallest absolute Gasteiger partial charge is 0.236 e. The summed E-state index contributed by atoms with van der Waals surface area (Å²) in [6, 6.07) is 8.36. The summed E-state index contributed by atoms with van der Waals surface area (Å²) in [6.07, 6.45) is 2.21. The molecule has 1 fully saturated rings. The van der Waals surface area contributed by atoms with E-state index in [4.69, 9.17) is 4.98 Å². The minimum Gasteiger partial charge on any atom is -0.342 e. The molecule has 124 valence electrons. The van der Waals surface area contributed by atoms with Crippen molar-refractivity contribution in [3.63, 3.8) is 0 Å². The minimum absolute atomic E-state index is 0.258. The van der Waals surface area contributed by atoms with Gasteiger partial charge in [0.2, 0.25) is 5.91 Å². The Morgan fingerprint density at radius 3 is 2.61 bits per heavy atom. The molecule has 0 bridgehead atoms. The highest BCUT2D eigenvalue weighted by Gasteiger charge is 2.25. The molecule has 1 aliphatic heterocycles.